The predicted octanol–water partition coefficient (Wildman–Crippen LogP) is 1.12. The zero-order valence-electron chi connectivity index (χ0n) is 11.4. The van der Waals surface area contributed by atoms with Gasteiger partial charge in [-0.15, -0.1) is 0 Å². The van der Waals surface area contributed by atoms with Crippen LogP contribution in [0.3, 0.4) is 0 Å². The summed E-state index contributed by atoms with van der Waals surface area (Å²) in [5.74, 6) is 0.491. The molecule has 0 saturated heterocycles. The largest absolute Gasteiger partial charge is 0.328 e. The van der Waals surface area contributed by atoms with Crippen molar-refractivity contribution in [1.29, 1.82) is 0 Å². The van der Waals surface area contributed by atoms with Crippen molar-refractivity contribution in [3.63, 3.8) is 0 Å². The number of pyridine rings is 1. The summed E-state index contributed by atoms with van der Waals surface area (Å²) in [4.78, 5) is 20.0. The minimum Gasteiger partial charge on any atom is -0.328 e. The van der Waals surface area contributed by atoms with Crippen molar-refractivity contribution in [2.24, 2.45) is 5.73 Å². The molecule has 0 aliphatic rings. The monoisotopic (exact) mass is 274 g/mol. The second-order valence-electron chi connectivity index (χ2n) is 4.63. The van der Waals surface area contributed by atoms with Crippen LogP contribution in [-0.4, -0.2) is 31.7 Å². The molecule has 0 bridgehead atoms. The van der Waals surface area contributed by atoms with Crippen molar-refractivity contribution in [2.75, 3.05) is 5.32 Å². The van der Waals surface area contributed by atoms with E-state index in [1.165, 1.54) is 17.3 Å². The molecule has 0 fully saturated rings. The van der Waals surface area contributed by atoms with Crippen LogP contribution in [0.4, 0.5) is 5.69 Å². The van der Waals surface area contributed by atoms with Gasteiger partial charge in [-0.1, -0.05) is 0 Å². The van der Waals surface area contributed by atoms with Crippen molar-refractivity contribution in [3.8, 4) is 5.82 Å². The van der Waals surface area contributed by atoms with Gasteiger partial charge in [0.05, 0.1) is 5.69 Å². The molecular weight excluding hydrogens is 256 g/mol. The van der Waals surface area contributed by atoms with Crippen LogP contribution < -0.4 is 11.1 Å². The summed E-state index contributed by atoms with van der Waals surface area (Å²) in [5, 5.41) is 6.86. The number of nitrogens with zero attached hydrogens (tertiary/aromatic N) is 4. The van der Waals surface area contributed by atoms with Crippen LogP contribution in [0.2, 0.25) is 0 Å². The lowest BCUT2D eigenvalue weighted by atomic mass is 10.1. The van der Waals surface area contributed by atoms with E-state index in [1.807, 2.05) is 6.92 Å². The number of carbonyl (C=O) groups excluding carboxylic acids is 1. The topological polar surface area (TPSA) is 98.7 Å². The summed E-state index contributed by atoms with van der Waals surface area (Å²) in [6.45, 7) is 1.93. The minimum absolute atomic E-state index is 0.0555. The molecule has 3 N–H and O–H groups in total. The van der Waals surface area contributed by atoms with Gasteiger partial charge < -0.3 is 11.1 Å². The van der Waals surface area contributed by atoms with E-state index in [1.54, 1.807) is 18.3 Å². The van der Waals surface area contributed by atoms with Crippen molar-refractivity contribution in [3.05, 3.63) is 31.0 Å². The second-order valence-corrected chi connectivity index (χ2v) is 4.63. The standard InChI is InChI=1S/C13H18N6O/c1-10(14)4-2-6-12(20)18-11-5-3-7-16-13(11)19-9-15-8-17-19/h3,5,7-10H,2,4,6,14H2,1H3,(H,18,20). The third kappa shape index (κ3) is 3.86. The second kappa shape index (κ2) is 6.76. The van der Waals surface area contributed by atoms with Crippen molar-refractivity contribution < 1.29 is 4.79 Å². The molecule has 2 heterocycles. The lowest BCUT2D eigenvalue weighted by Gasteiger charge is -2.10. The average Bonchev–Trinajstić information content (AvgIpc) is 2.92. The molecule has 20 heavy (non-hydrogen) atoms. The van der Waals surface area contributed by atoms with Gasteiger partial charge in [-0.3, -0.25) is 4.79 Å². The molecule has 7 heteroatoms. The number of anilines is 1. The SMILES string of the molecule is CC(N)CCCC(=O)Nc1cccnc1-n1cncn1. The van der Waals surface area contributed by atoms with Gasteiger partial charge >= 0.3 is 0 Å². The van der Waals surface area contributed by atoms with Gasteiger partial charge in [0.15, 0.2) is 5.82 Å². The Kier molecular flexibility index (Phi) is 4.78. The molecule has 0 spiro atoms. The summed E-state index contributed by atoms with van der Waals surface area (Å²) < 4.78 is 1.51. The van der Waals surface area contributed by atoms with E-state index >= 15 is 0 Å². The maximum Gasteiger partial charge on any atom is 0.224 e. The van der Waals surface area contributed by atoms with Crippen molar-refractivity contribution in [1.82, 2.24) is 19.7 Å². The Morgan fingerprint density at radius 2 is 2.40 bits per heavy atom. The van der Waals surface area contributed by atoms with Gasteiger partial charge in [0.25, 0.3) is 0 Å². The molecule has 0 aromatic carbocycles. The normalized spacial score (nSPS) is 12.1. The molecule has 0 aliphatic heterocycles. The van der Waals surface area contributed by atoms with E-state index in [0.29, 0.717) is 17.9 Å². The predicted molar refractivity (Wildman–Crippen MR) is 75.3 cm³/mol. The van der Waals surface area contributed by atoms with Crippen LogP contribution >= 0.6 is 0 Å². The Balaban J connectivity index is 2.01. The highest BCUT2D eigenvalue weighted by Crippen LogP contribution is 2.16. The number of amides is 1. The third-order valence-corrected chi connectivity index (χ3v) is 2.76. The molecule has 2 aromatic rings. The summed E-state index contributed by atoms with van der Waals surface area (Å²) >= 11 is 0. The lowest BCUT2D eigenvalue weighted by Crippen LogP contribution is -2.17. The van der Waals surface area contributed by atoms with E-state index in [4.69, 9.17) is 5.73 Å². The fourth-order valence-electron chi connectivity index (χ4n) is 1.79. The molecule has 0 radical (unpaired) electrons. The molecule has 1 unspecified atom stereocenters. The van der Waals surface area contributed by atoms with Crippen LogP contribution in [0, 0.1) is 0 Å². The quantitative estimate of drug-likeness (QED) is 0.822. The molecule has 2 rings (SSSR count). The first-order valence-corrected chi connectivity index (χ1v) is 6.52. The van der Waals surface area contributed by atoms with E-state index in [0.717, 1.165) is 12.8 Å². The van der Waals surface area contributed by atoms with Crippen LogP contribution in [-0.2, 0) is 4.79 Å². The fraction of sp³-hybridized carbons (Fsp3) is 0.385. The maximum absolute atomic E-state index is 11.9. The van der Waals surface area contributed by atoms with Crippen molar-refractivity contribution >= 4 is 11.6 Å². The Bertz CT molecular complexity index is 552. The van der Waals surface area contributed by atoms with Gasteiger partial charge in [-0.25, -0.2) is 14.6 Å². The molecule has 7 nitrogen and oxygen atoms in total. The van der Waals surface area contributed by atoms with Gasteiger partial charge in [-0.05, 0) is 31.9 Å². The van der Waals surface area contributed by atoms with Gasteiger partial charge in [-0.2, -0.15) is 5.10 Å². The number of hydrogen-bond acceptors (Lipinski definition) is 5. The first-order valence-electron chi connectivity index (χ1n) is 6.52. The number of nitrogens with two attached hydrogens (primary N) is 1. The summed E-state index contributed by atoms with van der Waals surface area (Å²) in [6, 6.07) is 3.66. The highest BCUT2D eigenvalue weighted by Gasteiger charge is 2.09. The van der Waals surface area contributed by atoms with Gasteiger partial charge in [0, 0.05) is 18.7 Å². The van der Waals surface area contributed by atoms with E-state index in [9.17, 15) is 4.79 Å². The number of rotatable bonds is 6. The minimum atomic E-state index is -0.0555. The first kappa shape index (κ1) is 14.1. The molecule has 0 aliphatic carbocycles. The van der Waals surface area contributed by atoms with Gasteiger partial charge in [0.2, 0.25) is 5.91 Å². The number of aromatic nitrogens is 4. The number of nitrogens with one attached hydrogen (secondary N) is 1. The van der Waals surface area contributed by atoms with E-state index < -0.39 is 0 Å². The summed E-state index contributed by atoms with van der Waals surface area (Å²) in [7, 11) is 0. The zero-order valence-corrected chi connectivity index (χ0v) is 11.4. The zero-order chi connectivity index (χ0) is 14.4. The Morgan fingerprint density at radius 1 is 1.55 bits per heavy atom. The average molecular weight is 274 g/mol. The fourth-order valence-corrected chi connectivity index (χ4v) is 1.79. The summed E-state index contributed by atoms with van der Waals surface area (Å²) in [6.07, 6.45) is 6.63. The Labute approximate surface area is 117 Å². The molecule has 1 amide bonds. The van der Waals surface area contributed by atoms with E-state index in [2.05, 4.69) is 20.4 Å². The Hall–Kier alpha value is -2.28. The molecule has 1 atom stereocenters. The molecule has 106 valence electrons. The lowest BCUT2D eigenvalue weighted by molar-refractivity contribution is -0.116. The number of carbonyl (C=O) groups is 1. The molecule has 2 aromatic heterocycles. The van der Waals surface area contributed by atoms with Crippen LogP contribution in [0.25, 0.3) is 5.82 Å². The Morgan fingerprint density at radius 3 is 3.10 bits per heavy atom. The first-order chi connectivity index (χ1) is 9.66. The van der Waals surface area contributed by atoms with E-state index in [-0.39, 0.29) is 11.9 Å². The van der Waals surface area contributed by atoms with Crippen molar-refractivity contribution in [2.45, 2.75) is 32.2 Å². The smallest absolute Gasteiger partial charge is 0.224 e. The van der Waals surface area contributed by atoms with Gasteiger partial charge in [0.1, 0.15) is 12.7 Å². The van der Waals surface area contributed by atoms with Crippen LogP contribution in [0.1, 0.15) is 26.2 Å². The molecular formula is C13H18N6O. The molecule has 0 saturated carbocycles. The maximum atomic E-state index is 11.9. The summed E-state index contributed by atoms with van der Waals surface area (Å²) in [5.41, 5.74) is 6.27. The highest BCUT2D eigenvalue weighted by atomic mass is 16.1. The van der Waals surface area contributed by atoms with Crippen LogP contribution in [0.5, 0.6) is 0 Å². The highest BCUT2D eigenvalue weighted by molar-refractivity contribution is 5.92. The van der Waals surface area contributed by atoms with Crippen LogP contribution in [0.15, 0.2) is 31.0 Å². The number of hydrogen-bond donors (Lipinski definition) is 2. The third-order valence-electron chi connectivity index (χ3n) is 2.76.